The maximum absolute atomic E-state index is 13.7. The minimum Gasteiger partial charge on any atom is -0.362 e. The smallest absolute Gasteiger partial charge is 0.357 e. The van der Waals surface area contributed by atoms with Crippen molar-refractivity contribution in [2.24, 2.45) is 0 Å². The van der Waals surface area contributed by atoms with Crippen molar-refractivity contribution in [3.63, 3.8) is 0 Å². The van der Waals surface area contributed by atoms with Gasteiger partial charge in [-0.05, 0) is 58.6 Å². The van der Waals surface area contributed by atoms with Crippen LogP contribution in [0.15, 0.2) is 30.3 Å². The summed E-state index contributed by atoms with van der Waals surface area (Å²) >= 11 is 0. The van der Waals surface area contributed by atoms with Gasteiger partial charge in [0.15, 0.2) is 0 Å². The summed E-state index contributed by atoms with van der Waals surface area (Å²) in [5.41, 5.74) is -1.08. The van der Waals surface area contributed by atoms with Crippen LogP contribution in [-0.2, 0) is 9.63 Å². The van der Waals surface area contributed by atoms with Crippen molar-refractivity contribution in [3.05, 3.63) is 35.9 Å². The van der Waals surface area contributed by atoms with Gasteiger partial charge >= 0.3 is 5.97 Å². The third-order valence-corrected chi connectivity index (χ3v) is 6.39. The van der Waals surface area contributed by atoms with E-state index in [0.29, 0.717) is 24.9 Å². The van der Waals surface area contributed by atoms with Gasteiger partial charge in [-0.15, -0.1) is 5.06 Å². The molecule has 1 aromatic carbocycles. The SMILES string of the molecule is CCC1(CC)CN(C(C)(C)C)C(=O)C(CC)(CC)N1OC(=O)c1ccccc1. The Balaban J connectivity index is 2.57. The fourth-order valence-corrected chi connectivity index (χ4v) is 4.26. The van der Waals surface area contributed by atoms with Crippen LogP contribution in [0.25, 0.3) is 0 Å². The Kier molecular flexibility index (Phi) is 6.59. The van der Waals surface area contributed by atoms with E-state index >= 15 is 0 Å². The lowest BCUT2D eigenvalue weighted by atomic mass is 9.77. The zero-order valence-corrected chi connectivity index (χ0v) is 18.5. The number of hydrogen-bond acceptors (Lipinski definition) is 4. The van der Waals surface area contributed by atoms with E-state index in [1.165, 1.54) is 0 Å². The monoisotopic (exact) mass is 388 g/mol. The van der Waals surface area contributed by atoms with Crippen molar-refractivity contribution in [2.45, 2.75) is 90.8 Å². The zero-order valence-electron chi connectivity index (χ0n) is 18.5. The molecule has 5 nitrogen and oxygen atoms in total. The first kappa shape index (κ1) is 22.4. The third-order valence-electron chi connectivity index (χ3n) is 6.39. The number of carbonyl (C=O) groups is 2. The van der Waals surface area contributed by atoms with E-state index in [-0.39, 0.29) is 11.4 Å². The van der Waals surface area contributed by atoms with Gasteiger partial charge in [-0.3, -0.25) is 4.79 Å². The Morgan fingerprint density at radius 3 is 1.96 bits per heavy atom. The van der Waals surface area contributed by atoms with E-state index in [9.17, 15) is 9.59 Å². The second-order valence-electron chi connectivity index (χ2n) is 8.77. The van der Waals surface area contributed by atoms with Crippen LogP contribution in [0.4, 0.5) is 0 Å². The zero-order chi connectivity index (χ0) is 21.2. The number of amides is 1. The molecule has 1 aromatic rings. The molecule has 1 aliphatic heterocycles. The minimum absolute atomic E-state index is 0.0448. The summed E-state index contributed by atoms with van der Waals surface area (Å²) in [7, 11) is 0. The number of hydrogen-bond donors (Lipinski definition) is 0. The number of benzene rings is 1. The lowest BCUT2D eigenvalue weighted by Gasteiger charge is -2.59. The molecule has 156 valence electrons. The fraction of sp³-hybridized carbons (Fsp3) is 0.652. The number of piperazine rings is 1. The molecule has 1 aliphatic rings. The summed E-state index contributed by atoms with van der Waals surface area (Å²) in [4.78, 5) is 34.7. The van der Waals surface area contributed by atoms with Crippen LogP contribution in [0, 0.1) is 0 Å². The number of carbonyl (C=O) groups excluding carboxylic acids is 2. The van der Waals surface area contributed by atoms with Crippen molar-refractivity contribution in [2.75, 3.05) is 6.54 Å². The second-order valence-corrected chi connectivity index (χ2v) is 8.77. The van der Waals surface area contributed by atoms with Crippen LogP contribution < -0.4 is 0 Å². The molecular weight excluding hydrogens is 352 g/mol. The van der Waals surface area contributed by atoms with E-state index in [1.807, 2.05) is 36.9 Å². The molecule has 28 heavy (non-hydrogen) atoms. The Hall–Kier alpha value is -1.88. The molecule has 1 heterocycles. The van der Waals surface area contributed by atoms with Gasteiger partial charge in [0, 0.05) is 12.1 Å². The lowest BCUT2D eigenvalue weighted by molar-refractivity contribution is -0.269. The highest BCUT2D eigenvalue weighted by Gasteiger charge is 2.60. The summed E-state index contributed by atoms with van der Waals surface area (Å²) in [5.74, 6) is -0.362. The number of nitrogens with zero attached hydrogens (tertiary/aromatic N) is 2. The normalized spacial score (nSPS) is 19.5. The maximum Gasteiger partial charge on any atom is 0.357 e. The van der Waals surface area contributed by atoms with E-state index in [4.69, 9.17) is 4.84 Å². The first-order valence-corrected chi connectivity index (χ1v) is 10.5. The van der Waals surface area contributed by atoms with Crippen molar-refractivity contribution in [3.8, 4) is 0 Å². The summed E-state index contributed by atoms with van der Waals surface area (Å²) in [6.07, 6.45) is 2.73. The molecule has 5 heteroatoms. The molecule has 0 radical (unpaired) electrons. The maximum atomic E-state index is 13.7. The van der Waals surface area contributed by atoms with Crippen molar-refractivity contribution in [1.82, 2.24) is 9.96 Å². The highest BCUT2D eigenvalue weighted by Crippen LogP contribution is 2.44. The molecule has 0 aliphatic carbocycles. The molecule has 1 saturated heterocycles. The van der Waals surface area contributed by atoms with E-state index in [1.54, 1.807) is 17.2 Å². The van der Waals surface area contributed by atoms with Gasteiger partial charge in [0.05, 0.1) is 11.1 Å². The molecule has 0 N–H and O–H groups in total. The Morgan fingerprint density at radius 2 is 1.54 bits per heavy atom. The van der Waals surface area contributed by atoms with Crippen LogP contribution in [0.3, 0.4) is 0 Å². The van der Waals surface area contributed by atoms with Gasteiger partial charge in [-0.2, -0.15) is 0 Å². The average molecular weight is 389 g/mol. The summed E-state index contributed by atoms with van der Waals surface area (Å²) < 4.78 is 0. The predicted molar refractivity (Wildman–Crippen MR) is 112 cm³/mol. The Bertz CT molecular complexity index is 686. The molecule has 0 unspecified atom stereocenters. The van der Waals surface area contributed by atoms with Crippen LogP contribution >= 0.6 is 0 Å². The van der Waals surface area contributed by atoms with Crippen LogP contribution in [0.2, 0.25) is 0 Å². The van der Waals surface area contributed by atoms with Gasteiger partial charge in [0.2, 0.25) is 5.91 Å². The Labute approximate surface area is 170 Å². The molecule has 0 spiro atoms. The topological polar surface area (TPSA) is 49.9 Å². The molecule has 0 saturated carbocycles. The highest BCUT2D eigenvalue weighted by molar-refractivity contribution is 5.91. The van der Waals surface area contributed by atoms with Crippen molar-refractivity contribution in [1.29, 1.82) is 0 Å². The summed E-state index contributed by atoms with van der Waals surface area (Å²) in [6, 6.07) is 8.99. The second kappa shape index (κ2) is 8.24. The summed E-state index contributed by atoms with van der Waals surface area (Å²) in [6.45, 7) is 15.0. The largest absolute Gasteiger partial charge is 0.362 e. The van der Waals surface area contributed by atoms with Gasteiger partial charge < -0.3 is 9.74 Å². The molecule has 0 atom stereocenters. The van der Waals surface area contributed by atoms with Crippen LogP contribution in [-0.4, -0.2) is 45.0 Å². The molecule has 2 rings (SSSR count). The van der Waals surface area contributed by atoms with E-state index < -0.39 is 17.0 Å². The van der Waals surface area contributed by atoms with E-state index in [0.717, 1.165) is 12.8 Å². The van der Waals surface area contributed by atoms with Crippen molar-refractivity contribution >= 4 is 11.9 Å². The molecule has 1 fully saturated rings. The first-order chi connectivity index (χ1) is 13.1. The number of rotatable bonds is 6. The minimum atomic E-state index is -0.859. The lowest BCUT2D eigenvalue weighted by Crippen LogP contribution is -2.76. The number of hydroxylamine groups is 2. The predicted octanol–water partition coefficient (Wildman–Crippen LogP) is 4.82. The fourth-order valence-electron chi connectivity index (χ4n) is 4.26. The average Bonchev–Trinajstić information content (AvgIpc) is 2.69. The Morgan fingerprint density at radius 1 is 1.00 bits per heavy atom. The van der Waals surface area contributed by atoms with E-state index in [2.05, 4.69) is 34.6 Å². The third kappa shape index (κ3) is 3.69. The van der Waals surface area contributed by atoms with Gasteiger partial charge in [0.1, 0.15) is 5.54 Å². The quantitative estimate of drug-likeness (QED) is 0.701. The molecular formula is C23H36N2O3. The molecule has 0 aromatic heterocycles. The first-order valence-electron chi connectivity index (χ1n) is 10.5. The van der Waals surface area contributed by atoms with Crippen molar-refractivity contribution < 1.29 is 14.4 Å². The van der Waals surface area contributed by atoms with Gasteiger partial charge in [0.25, 0.3) is 0 Å². The van der Waals surface area contributed by atoms with Gasteiger partial charge in [-0.1, -0.05) is 45.9 Å². The van der Waals surface area contributed by atoms with Crippen LogP contribution in [0.1, 0.15) is 84.5 Å². The highest BCUT2D eigenvalue weighted by atomic mass is 16.7. The van der Waals surface area contributed by atoms with Gasteiger partial charge in [-0.25, -0.2) is 4.79 Å². The summed E-state index contributed by atoms with van der Waals surface area (Å²) in [5, 5.41) is 1.78. The molecule has 0 bridgehead atoms. The standard InChI is InChI=1S/C23H36N2O3/c1-8-22(9-2)17-24(21(5,6)7)20(27)23(10-3,11-4)25(22)28-19(26)18-15-13-12-14-16-18/h12-16H,8-11,17H2,1-7H3. The van der Waals surface area contributed by atoms with Crippen LogP contribution in [0.5, 0.6) is 0 Å². The molecule has 1 amide bonds.